The van der Waals surface area contributed by atoms with Crippen molar-refractivity contribution in [3.8, 4) is 0 Å². The summed E-state index contributed by atoms with van der Waals surface area (Å²) >= 11 is 0. The van der Waals surface area contributed by atoms with E-state index in [0.29, 0.717) is 6.29 Å². The molecule has 7 nitrogen and oxygen atoms in total. The summed E-state index contributed by atoms with van der Waals surface area (Å²) in [5.74, 6) is 4.93. The number of nitroso groups, excluding NO2 is 1. The topological polar surface area (TPSA) is 112 Å². The number of aldehydes is 1. The van der Waals surface area contributed by atoms with Crippen LogP contribution >= 0.6 is 0 Å². The molecule has 0 aliphatic rings. The van der Waals surface area contributed by atoms with E-state index < -0.39 is 0 Å². The summed E-state index contributed by atoms with van der Waals surface area (Å²) < 4.78 is 0. The summed E-state index contributed by atoms with van der Waals surface area (Å²) in [7, 11) is 0. The first-order valence-corrected chi connectivity index (χ1v) is 3.55. The third kappa shape index (κ3) is 1.85. The molecular formula is C7H6N5O2+. The van der Waals surface area contributed by atoms with E-state index in [1.807, 2.05) is 0 Å². The number of rotatable bonds is 3. The molecule has 0 aliphatic carbocycles. The highest BCUT2D eigenvalue weighted by molar-refractivity contribution is 5.82. The predicted molar refractivity (Wildman–Crippen MR) is 48.1 cm³/mol. The highest BCUT2D eigenvalue weighted by Crippen LogP contribution is 2.21. The van der Waals surface area contributed by atoms with Crippen molar-refractivity contribution in [3.05, 3.63) is 39.1 Å². The molecule has 0 atom stereocenters. The van der Waals surface area contributed by atoms with Crippen LogP contribution in [0.15, 0.2) is 23.3 Å². The number of hydrogen-bond acceptors (Lipinski definition) is 3. The van der Waals surface area contributed by atoms with Gasteiger partial charge in [0, 0.05) is 16.7 Å². The van der Waals surface area contributed by atoms with Crippen LogP contribution in [0.4, 0.5) is 11.4 Å². The largest absolute Gasteiger partial charge is 0.302 e. The molecule has 1 aromatic rings. The van der Waals surface area contributed by atoms with Crippen molar-refractivity contribution in [1.82, 2.24) is 0 Å². The molecule has 0 amide bonds. The van der Waals surface area contributed by atoms with Gasteiger partial charge < -0.3 is 0 Å². The minimum Gasteiger partial charge on any atom is -0.298 e. The lowest BCUT2D eigenvalue weighted by molar-refractivity contribution is -0.474. The number of hydrazine groups is 1. The Morgan fingerprint density at radius 3 is 2.79 bits per heavy atom. The van der Waals surface area contributed by atoms with Crippen LogP contribution in [0, 0.1) is 4.91 Å². The molecule has 2 N–H and O–H groups in total. The highest BCUT2D eigenvalue weighted by atomic mass is 16.3. The van der Waals surface area contributed by atoms with Gasteiger partial charge in [-0.2, -0.15) is 5.84 Å². The Bertz CT molecular complexity index is 436. The second kappa shape index (κ2) is 4.01. The zero-order valence-electron chi connectivity index (χ0n) is 6.99. The molecule has 0 radical (unpaired) electrons. The molecule has 1 rings (SSSR count). The summed E-state index contributed by atoms with van der Waals surface area (Å²) in [4.78, 5) is 23.9. The van der Waals surface area contributed by atoms with Crippen molar-refractivity contribution >= 4 is 17.7 Å². The smallest absolute Gasteiger partial charge is 0.298 e. The number of hydrogen-bond donors (Lipinski definition) is 1. The van der Waals surface area contributed by atoms with Crippen LogP contribution in [0.1, 0.15) is 10.4 Å². The molecule has 7 heteroatoms. The second-order valence-electron chi connectivity index (χ2n) is 2.38. The van der Waals surface area contributed by atoms with Crippen molar-refractivity contribution in [1.29, 1.82) is 0 Å². The average Bonchev–Trinajstić information content (AvgIpc) is 2.17. The quantitative estimate of drug-likeness (QED) is 0.149. The van der Waals surface area contributed by atoms with Gasteiger partial charge in [0.15, 0.2) is 11.2 Å². The van der Waals surface area contributed by atoms with Crippen molar-refractivity contribution in [3.63, 3.8) is 0 Å². The maximum absolute atomic E-state index is 10.7. The molecule has 0 aromatic heterocycles. The third-order valence-corrected chi connectivity index (χ3v) is 1.54. The first-order chi connectivity index (χ1) is 6.69. The predicted octanol–water partition coefficient (Wildman–Crippen LogP) is 1.73. The first-order valence-electron chi connectivity index (χ1n) is 3.55. The van der Waals surface area contributed by atoms with Crippen LogP contribution < -0.4 is 5.84 Å². The first kappa shape index (κ1) is 9.69. The zero-order valence-corrected chi connectivity index (χ0v) is 6.99. The molecule has 1 aromatic carbocycles. The molecule has 0 fully saturated rings. The van der Waals surface area contributed by atoms with E-state index in [1.54, 1.807) is 0 Å². The summed E-state index contributed by atoms with van der Waals surface area (Å²) in [6.07, 6.45) is 0.462. The fourth-order valence-electron chi connectivity index (χ4n) is 0.951. The summed E-state index contributed by atoms with van der Waals surface area (Å²) in [6, 6.07) is 3.97. The van der Waals surface area contributed by atoms with E-state index >= 15 is 0 Å². The lowest BCUT2D eigenvalue weighted by Gasteiger charge is -1.93. The Balaban J connectivity index is 3.31. The minimum atomic E-state index is 0.0249. The molecule has 0 aliphatic heterocycles. The van der Waals surface area contributed by atoms with Gasteiger partial charge in [-0.15, -0.1) is 0 Å². The number of nitrogens with zero attached hydrogens (tertiary/aromatic N) is 4. The maximum Gasteiger partial charge on any atom is 0.302 e. The van der Waals surface area contributed by atoms with Crippen LogP contribution in [0.3, 0.4) is 0 Å². The van der Waals surface area contributed by atoms with Gasteiger partial charge in [0.25, 0.3) is 0 Å². The van der Waals surface area contributed by atoms with Crippen LogP contribution in [-0.2, 0) is 0 Å². The number of carbonyl (C=O) groups is 1. The van der Waals surface area contributed by atoms with Gasteiger partial charge in [-0.3, -0.25) is 4.79 Å². The van der Waals surface area contributed by atoms with Crippen molar-refractivity contribution in [2.75, 3.05) is 0 Å². The SMILES string of the molecule is [N-]=[N+]=Nc1ccc([N+](N)=O)c(C=O)c1. The van der Waals surface area contributed by atoms with Gasteiger partial charge in [-0.25, -0.2) is 0 Å². The molecule has 0 spiro atoms. The van der Waals surface area contributed by atoms with E-state index in [4.69, 9.17) is 11.4 Å². The third-order valence-electron chi connectivity index (χ3n) is 1.54. The highest BCUT2D eigenvalue weighted by Gasteiger charge is 2.15. The van der Waals surface area contributed by atoms with Crippen LogP contribution in [-0.4, -0.2) is 11.2 Å². The summed E-state index contributed by atoms with van der Waals surface area (Å²) in [6.45, 7) is 0. The Kier molecular flexibility index (Phi) is 2.78. The van der Waals surface area contributed by atoms with E-state index in [0.717, 1.165) is 0 Å². The van der Waals surface area contributed by atoms with Gasteiger partial charge >= 0.3 is 5.69 Å². The standard InChI is InChI=1S/C7H6N5O2/c8-11-10-6-1-2-7(12(9)14)5(3-6)4-13/h1-4H,(H2,9,14)/q+1. The molecule has 0 heterocycles. The lowest BCUT2D eigenvalue weighted by Crippen LogP contribution is -2.10. The van der Waals surface area contributed by atoms with Crippen molar-refractivity contribution in [2.45, 2.75) is 0 Å². The fourth-order valence-corrected chi connectivity index (χ4v) is 0.951. The Morgan fingerprint density at radius 2 is 2.29 bits per heavy atom. The Labute approximate surface area is 78.3 Å². The molecule has 70 valence electrons. The van der Waals surface area contributed by atoms with Gasteiger partial charge in [-0.05, 0) is 17.7 Å². The molecule has 14 heavy (non-hydrogen) atoms. The Hall–Kier alpha value is -2.40. The zero-order chi connectivity index (χ0) is 10.6. The number of nitrogens with two attached hydrogens (primary N) is 1. The van der Waals surface area contributed by atoms with Gasteiger partial charge in [0.2, 0.25) is 0 Å². The van der Waals surface area contributed by atoms with Gasteiger partial charge in [0.05, 0.1) is 10.5 Å². The van der Waals surface area contributed by atoms with Crippen LogP contribution in [0.2, 0.25) is 0 Å². The van der Waals surface area contributed by atoms with E-state index in [2.05, 4.69) is 10.0 Å². The van der Waals surface area contributed by atoms with Crippen molar-refractivity contribution in [2.24, 2.45) is 11.0 Å². The molecule has 0 saturated heterocycles. The summed E-state index contributed by atoms with van der Waals surface area (Å²) in [5, 5.41) is 3.28. The van der Waals surface area contributed by atoms with E-state index in [9.17, 15) is 9.70 Å². The number of carbonyl (C=O) groups excluding carboxylic acids is 1. The number of benzene rings is 1. The van der Waals surface area contributed by atoms with Gasteiger partial charge in [0.1, 0.15) is 0 Å². The Morgan fingerprint density at radius 1 is 1.57 bits per heavy atom. The van der Waals surface area contributed by atoms with Crippen LogP contribution in [0.25, 0.3) is 10.4 Å². The minimum absolute atomic E-state index is 0.0249. The monoisotopic (exact) mass is 192 g/mol. The molecule has 0 saturated carbocycles. The second-order valence-corrected chi connectivity index (χ2v) is 2.38. The molecular weight excluding hydrogens is 186 g/mol. The van der Waals surface area contributed by atoms with Crippen molar-refractivity contribution < 1.29 is 9.66 Å². The lowest BCUT2D eigenvalue weighted by atomic mass is 10.2. The van der Waals surface area contributed by atoms with E-state index in [-0.39, 0.29) is 21.8 Å². The molecule has 0 unspecified atom stereocenters. The molecule has 0 bridgehead atoms. The summed E-state index contributed by atoms with van der Waals surface area (Å²) in [5.41, 5.74) is 8.49. The normalized spacial score (nSPS) is 8.86. The van der Waals surface area contributed by atoms with E-state index in [1.165, 1.54) is 18.2 Å². The van der Waals surface area contributed by atoms with Gasteiger partial charge in [-0.1, -0.05) is 5.11 Å². The maximum atomic E-state index is 10.7. The average molecular weight is 192 g/mol. The van der Waals surface area contributed by atoms with Crippen LogP contribution in [0.5, 0.6) is 0 Å². The fraction of sp³-hybridized carbons (Fsp3) is 0. The number of azide groups is 1.